The van der Waals surface area contributed by atoms with Crippen molar-refractivity contribution in [3.05, 3.63) is 63.9 Å². The van der Waals surface area contributed by atoms with Gasteiger partial charge in [-0.25, -0.2) is 9.18 Å². The van der Waals surface area contributed by atoms with E-state index in [2.05, 4.69) is 21.2 Å². The molecule has 2 rings (SSSR count). The normalized spacial score (nSPS) is 13.5. The molecule has 0 aliphatic heterocycles. The molecule has 0 aliphatic carbocycles. The number of carbonyl (C=O) groups is 1. The predicted molar refractivity (Wildman–Crippen MR) is 83.9 cm³/mol. The Labute approximate surface area is 130 Å². The lowest BCUT2D eigenvalue weighted by molar-refractivity contribution is -0.142. The van der Waals surface area contributed by atoms with E-state index in [0.717, 1.165) is 5.56 Å². The number of anilines is 1. The van der Waals surface area contributed by atoms with Crippen molar-refractivity contribution in [1.29, 1.82) is 0 Å². The molecular formula is C16H15BrFNO2. The van der Waals surface area contributed by atoms with Crippen molar-refractivity contribution in [2.75, 3.05) is 5.32 Å². The maximum atomic E-state index is 14.2. The van der Waals surface area contributed by atoms with Crippen LogP contribution < -0.4 is 5.32 Å². The molecule has 0 saturated heterocycles. The number of aliphatic carboxylic acids is 1. The summed E-state index contributed by atoms with van der Waals surface area (Å²) in [6.45, 7) is 3.32. The van der Waals surface area contributed by atoms with Gasteiger partial charge in [0.1, 0.15) is 5.82 Å². The minimum Gasteiger partial charge on any atom is -0.479 e. The van der Waals surface area contributed by atoms with E-state index in [9.17, 15) is 14.3 Å². The minimum absolute atomic E-state index is 0.0847. The zero-order valence-corrected chi connectivity index (χ0v) is 13.2. The Kier molecular flexibility index (Phi) is 4.32. The third-order valence-electron chi connectivity index (χ3n) is 3.43. The first-order chi connectivity index (χ1) is 9.84. The van der Waals surface area contributed by atoms with Crippen molar-refractivity contribution in [3.63, 3.8) is 0 Å². The smallest absolute Gasteiger partial charge is 0.333 e. The fourth-order valence-electron chi connectivity index (χ4n) is 2.11. The second kappa shape index (κ2) is 5.85. The van der Waals surface area contributed by atoms with Gasteiger partial charge in [-0.2, -0.15) is 0 Å². The Morgan fingerprint density at radius 2 is 1.95 bits per heavy atom. The van der Waals surface area contributed by atoms with E-state index in [-0.39, 0.29) is 5.56 Å². The molecule has 3 nitrogen and oxygen atoms in total. The highest BCUT2D eigenvalue weighted by Crippen LogP contribution is 2.31. The van der Waals surface area contributed by atoms with Gasteiger partial charge in [-0.3, -0.25) is 0 Å². The quantitative estimate of drug-likeness (QED) is 0.862. The molecule has 2 aromatic rings. The van der Waals surface area contributed by atoms with E-state index in [1.165, 1.54) is 19.1 Å². The molecule has 0 saturated carbocycles. The summed E-state index contributed by atoms with van der Waals surface area (Å²) in [7, 11) is 0. The number of hydrogen-bond donors (Lipinski definition) is 2. The van der Waals surface area contributed by atoms with E-state index in [0.29, 0.717) is 10.2 Å². The molecule has 1 unspecified atom stereocenters. The average Bonchev–Trinajstić information content (AvgIpc) is 2.41. The SMILES string of the molecule is Cc1ccccc1NC(C)(C(=O)O)c1ccc(Br)cc1F. The molecule has 0 aromatic heterocycles. The molecule has 0 fully saturated rings. The van der Waals surface area contributed by atoms with Gasteiger partial charge >= 0.3 is 5.97 Å². The van der Waals surface area contributed by atoms with Crippen LogP contribution >= 0.6 is 15.9 Å². The third-order valence-corrected chi connectivity index (χ3v) is 3.92. The molecule has 2 N–H and O–H groups in total. The van der Waals surface area contributed by atoms with Crippen LogP contribution in [0.2, 0.25) is 0 Å². The maximum Gasteiger partial charge on any atom is 0.333 e. The van der Waals surface area contributed by atoms with Crippen LogP contribution in [0.1, 0.15) is 18.1 Å². The Morgan fingerprint density at radius 3 is 2.52 bits per heavy atom. The first kappa shape index (κ1) is 15.5. The topological polar surface area (TPSA) is 49.3 Å². The monoisotopic (exact) mass is 351 g/mol. The molecule has 0 spiro atoms. The highest BCUT2D eigenvalue weighted by atomic mass is 79.9. The first-order valence-electron chi connectivity index (χ1n) is 6.37. The van der Waals surface area contributed by atoms with Gasteiger partial charge in [0.05, 0.1) is 0 Å². The zero-order valence-electron chi connectivity index (χ0n) is 11.7. The fraction of sp³-hybridized carbons (Fsp3) is 0.188. The van der Waals surface area contributed by atoms with Crippen LogP contribution in [0.4, 0.5) is 10.1 Å². The van der Waals surface area contributed by atoms with Gasteiger partial charge in [0.2, 0.25) is 0 Å². The molecule has 110 valence electrons. The number of carboxylic acid groups (broad SMARTS) is 1. The van der Waals surface area contributed by atoms with E-state index in [1.807, 2.05) is 19.1 Å². The molecule has 0 bridgehead atoms. The van der Waals surface area contributed by atoms with Gasteiger partial charge in [0.25, 0.3) is 0 Å². The van der Waals surface area contributed by atoms with Crippen molar-refractivity contribution in [3.8, 4) is 0 Å². The molecule has 0 radical (unpaired) electrons. The summed E-state index contributed by atoms with van der Waals surface area (Å²) >= 11 is 3.17. The van der Waals surface area contributed by atoms with Gasteiger partial charge in [-0.1, -0.05) is 40.2 Å². The van der Waals surface area contributed by atoms with Gasteiger partial charge in [-0.05, 0) is 37.6 Å². The molecule has 2 aromatic carbocycles. The minimum atomic E-state index is -1.56. The predicted octanol–water partition coefficient (Wildman–Crippen LogP) is 4.31. The Hall–Kier alpha value is -1.88. The van der Waals surface area contributed by atoms with Gasteiger partial charge in [0, 0.05) is 15.7 Å². The lowest BCUT2D eigenvalue weighted by Crippen LogP contribution is -2.41. The second-order valence-corrected chi connectivity index (χ2v) is 5.91. The van der Waals surface area contributed by atoms with Crippen LogP contribution in [0.3, 0.4) is 0 Å². The molecule has 0 aliphatic rings. The second-order valence-electron chi connectivity index (χ2n) is 4.99. The largest absolute Gasteiger partial charge is 0.479 e. The summed E-state index contributed by atoms with van der Waals surface area (Å²) in [5.74, 6) is -1.72. The molecule has 21 heavy (non-hydrogen) atoms. The Balaban J connectivity index is 2.51. The van der Waals surface area contributed by atoms with E-state index in [1.54, 1.807) is 18.2 Å². The number of hydrogen-bond acceptors (Lipinski definition) is 2. The zero-order chi connectivity index (χ0) is 15.6. The van der Waals surface area contributed by atoms with Crippen molar-refractivity contribution in [2.24, 2.45) is 0 Å². The van der Waals surface area contributed by atoms with Crippen molar-refractivity contribution in [1.82, 2.24) is 0 Å². The summed E-state index contributed by atoms with van der Waals surface area (Å²) < 4.78 is 14.7. The number of para-hydroxylation sites is 1. The van der Waals surface area contributed by atoms with Crippen molar-refractivity contribution >= 4 is 27.6 Å². The number of aryl methyl sites for hydroxylation is 1. The maximum absolute atomic E-state index is 14.2. The van der Waals surface area contributed by atoms with Crippen LogP contribution in [-0.2, 0) is 10.3 Å². The highest BCUT2D eigenvalue weighted by molar-refractivity contribution is 9.10. The summed E-state index contributed by atoms with van der Waals surface area (Å²) in [6, 6.07) is 11.7. The highest BCUT2D eigenvalue weighted by Gasteiger charge is 2.37. The fourth-order valence-corrected chi connectivity index (χ4v) is 2.45. The first-order valence-corrected chi connectivity index (χ1v) is 7.16. The van der Waals surface area contributed by atoms with Crippen molar-refractivity contribution in [2.45, 2.75) is 19.4 Å². The number of benzene rings is 2. The van der Waals surface area contributed by atoms with Crippen LogP contribution in [0.25, 0.3) is 0 Å². The third kappa shape index (κ3) is 3.08. The summed E-state index contributed by atoms with van der Waals surface area (Å²) in [4.78, 5) is 11.7. The lowest BCUT2D eigenvalue weighted by Gasteiger charge is -2.29. The lowest BCUT2D eigenvalue weighted by atomic mass is 9.91. The van der Waals surface area contributed by atoms with Crippen LogP contribution in [0, 0.1) is 12.7 Å². The van der Waals surface area contributed by atoms with E-state index in [4.69, 9.17) is 0 Å². The number of carboxylic acids is 1. The van der Waals surface area contributed by atoms with Gasteiger partial charge in [0.15, 0.2) is 5.54 Å². The summed E-state index contributed by atoms with van der Waals surface area (Å²) in [5.41, 5.74) is 0.0744. The molecule has 0 amide bonds. The molecule has 0 heterocycles. The Morgan fingerprint density at radius 1 is 1.29 bits per heavy atom. The van der Waals surface area contributed by atoms with E-state index < -0.39 is 17.3 Å². The van der Waals surface area contributed by atoms with Gasteiger partial charge in [-0.15, -0.1) is 0 Å². The average molecular weight is 352 g/mol. The van der Waals surface area contributed by atoms with Crippen LogP contribution in [0.15, 0.2) is 46.9 Å². The van der Waals surface area contributed by atoms with Crippen molar-refractivity contribution < 1.29 is 14.3 Å². The summed E-state index contributed by atoms with van der Waals surface area (Å²) in [5, 5.41) is 12.5. The van der Waals surface area contributed by atoms with Crippen LogP contribution in [0.5, 0.6) is 0 Å². The van der Waals surface area contributed by atoms with Gasteiger partial charge < -0.3 is 10.4 Å². The number of rotatable bonds is 4. The summed E-state index contributed by atoms with van der Waals surface area (Å²) in [6.07, 6.45) is 0. The standard InChI is InChI=1S/C16H15BrFNO2/c1-10-5-3-4-6-14(10)19-16(2,15(20)21)12-8-7-11(17)9-13(12)18/h3-9,19H,1-2H3,(H,20,21). The molecular weight excluding hydrogens is 337 g/mol. The molecule has 1 atom stereocenters. The van der Waals surface area contributed by atoms with E-state index >= 15 is 0 Å². The van der Waals surface area contributed by atoms with Crippen LogP contribution in [-0.4, -0.2) is 11.1 Å². The Bertz CT molecular complexity index is 690. The number of halogens is 2. The molecule has 5 heteroatoms. The number of nitrogens with one attached hydrogen (secondary N) is 1.